The first-order valence-electron chi connectivity index (χ1n) is 5.31. The normalized spacial score (nSPS) is 9.94. The van der Waals surface area contributed by atoms with Crippen molar-refractivity contribution in [1.29, 1.82) is 0 Å². The largest absolute Gasteiger partial charge is 0.506 e. The van der Waals surface area contributed by atoms with Crippen molar-refractivity contribution in [3.8, 4) is 5.75 Å². The van der Waals surface area contributed by atoms with Gasteiger partial charge in [0.25, 0.3) is 5.91 Å². The molecule has 0 unspecified atom stereocenters. The van der Waals surface area contributed by atoms with Gasteiger partial charge in [0.05, 0.1) is 5.69 Å². The van der Waals surface area contributed by atoms with Crippen LogP contribution >= 0.6 is 0 Å². The van der Waals surface area contributed by atoms with E-state index in [1.165, 1.54) is 4.90 Å². The van der Waals surface area contributed by atoms with Crippen LogP contribution in [0.3, 0.4) is 0 Å². The molecule has 3 heteroatoms. The third kappa shape index (κ3) is 2.28. The molecule has 0 bridgehead atoms. The van der Waals surface area contributed by atoms with Gasteiger partial charge < -0.3 is 10.0 Å². The molecule has 0 radical (unpaired) electrons. The van der Waals surface area contributed by atoms with Crippen LogP contribution in [0.25, 0.3) is 0 Å². The fourth-order valence-electron chi connectivity index (χ4n) is 1.63. The van der Waals surface area contributed by atoms with Crippen molar-refractivity contribution in [3.63, 3.8) is 0 Å². The molecule has 0 spiro atoms. The summed E-state index contributed by atoms with van der Waals surface area (Å²) in [6.07, 6.45) is 0. The highest BCUT2D eigenvalue weighted by Gasteiger charge is 2.15. The number of hydrogen-bond acceptors (Lipinski definition) is 2. The molecule has 0 aliphatic heterocycles. The van der Waals surface area contributed by atoms with E-state index >= 15 is 0 Å². The summed E-state index contributed by atoms with van der Waals surface area (Å²) in [6.45, 7) is 0. The van der Waals surface area contributed by atoms with Crippen molar-refractivity contribution >= 4 is 11.6 Å². The Morgan fingerprint density at radius 1 is 1.00 bits per heavy atom. The first-order valence-corrected chi connectivity index (χ1v) is 5.31. The van der Waals surface area contributed by atoms with Crippen molar-refractivity contribution < 1.29 is 9.90 Å². The van der Waals surface area contributed by atoms with Crippen molar-refractivity contribution in [2.24, 2.45) is 0 Å². The quantitative estimate of drug-likeness (QED) is 0.856. The molecule has 0 saturated carbocycles. The summed E-state index contributed by atoms with van der Waals surface area (Å²) in [7, 11) is 1.64. The van der Waals surface area contributed by atoms with Crippen LogP contribution in [0.5, 0.6) is 5.75 Å². The fourth-order valence-corrected chi connectivity index (χ4v) is 1.63. The van der Waals surface area contributed by atoms with Crippen molar-refractivity contribution in [2.45, 2.75) is 0 Å². The van der Waals surface area contributed by atoms with E-state index in [-0.39, 0.29) is 11.7 Å². The maximum atomic E-state index is 12.1. The molecule has 2 rings (SSSR count). The molecule has 2 aromatic rings. The molecule has 2 aromatic carbocycles. The zero-order valence-corrected chi connectivity index (χ0v) is 9.50. The molecule has 0 aromatic heterocycles. The number of anilines is 1. The predicted octanol–water partition coefficient (Wildman–Crippen LogP) is 2.67. The van der Waals surface area contributed by atoms with Crippen LogP contribution in [0.1, 0.15) is 10.4 Å². The number of phenolic OH excluding ortho intramolecular Hbond substituents is 1. The minimum Gasteiger partial charge on any atom is -0.506 e. The van der Waals surface area contributed by atoms with E-state index in [1.54, 1.807) is 43.4 Å². The van der Waals surface area contributed by atoms with Gasteiger partial charge in [-0.2, -0.15) is 0 Å². The van der Waals surface area contributed by atoms with Gasteiger partial charge in [-0.25, -0.2) is 0 Å². The molecule has 0 saturated heterocycles. The van der Waals surface area contributed by atoms with Crippen LogP contribution in [0.15, 0.2) is 54.6 Å². The average Bonchev–Trinajstić information content (AvgIpc) is 2.39. The lowest BCUT2D eigenvalue weighted by atomic mass is 10.2. The Morgan fingerprint density at radius 3 is 2.24 bits per heavy atom. The highest BCUT2D eigenvalue weighted by molar-refractivity contribution is 6.06. The van der Waals surface area contributed by atoms with Gasteiger partial charge in [-0.1, -0.05) is 30.3 Å². The third-order valence-electron chi connectivity index (χ3n) is 2.57. The number of para-hydroxylation sites is 2. The molecule has 3 nitrogen and oxygen atoms in total. The molecule has 0 fully saturated rings. The second-order valence-corrected chi connectivity index (χ2v) is 3.72. The number of carbonyl (C=O) groups is 1. The number of rotatable bonds is 2. The summed E-state index contributed by atoms with van der Waals surface area (Å²) in [6, 6.07) is 15.7. The van der Waals surface area contributed by atoms with Crippen LogP contribution in [0.4, 0.5) is 5.69 Å². The van der Waals surface area contributed by atoms with E-state index in [1.807, 2.05) is 18.2 Å². The van der Waals surface area contributed by atoms with Gasteiger partial charge in [-0.05, 0) is 24.3 Å². The lowest BCUT2D eigenvalue weighted by Crippen LogP contribution is -2.26. The summed E-state index contributed by atoms with van der Waals surface area (Å²) < 4.78 is 0. The lowest BCUT2D eigenvalue weighted by Gasteiger charge is -2.18. The van der Waals surface area contributed by atoms with E-state index in [0.717, 1.165) is 0 Å². The van der Waals surface area contributed by atoms with Crippen LogP contribution < -0.4 is 4.90 Å². The van der Waals surface area contributed by atoms with Crippen LogP contribution in [0.2, 0.25) is 0 Å². The monoisotopic (exact) mass is 227 g/mol. The summed E-state index contributed by atoms with van der Waals surface area (Å²) in [4.78, 5) is 13.5. The Balaban J connectivity index is 2.30. The van der Waals surface area contributed by atoms with E-state index < -0.39 is 0 Å². The molecule has 0 atom stereocenters. The maximum absolute atomic E-state index is 12.1. The number of carbonyl (C=O) groups excluding carboxylic acids is 1. The standard InChI is InChI=1S/C14H13NO2/c1-15(12-9-5-6-10-13(12)16)14(17)11-7-3-2-4-8-11/h2-10,16H,1H3. The van der Waals surface area contributed by atoms with E-state index in [4.69, 9.17) is 0 Å². The number of nitrogens with zero attached hydrogens (tertiary/aromatic N) is 1. The zero-order chi connectivity index (χ0) is 12.3. The minimum absolute atomic E-state index is 0.0966. The van der Waals surface area contributed by atoms with Gasteiger partial charge >= 0.3 is 0 Å². The van der Waals surface area contributed by atoms with Gasteiger partial charge in [0, 0.05) is 12.6 Å². The summed E-state index contributed by atoms with van der Waals surface area (Å²) >= 11 is 0. The first-order chi connectivity index (χ1) is 8.20. The average molecular weight is 227 g/mol. The number of aromatic hydroxyl groups is 1. The fraction of sp³-hybridized carbons (Fsp3) is 0.0714. The number of amides is 1. The highest BCUT2D eigenvalue weighted by Crippen LogP contribution is 2.26. The van der Waals surface area contributed by atoms with Gasteiger partial charge in [0.2, 0.25) is 0 Å². The lowest BCUT2D eigenvalue weighted by molar-refractivity contribution is 0.0992. The first kappa shape index (κ1) is 11.2. The minimum atomic E-state index is -0.146. The highest BCUT2D eigenvalue weighted by atomic mass is 16.3. The molecule has 0 aliphatic rings. The number of phenols is 1. The predicted molar refractivity (Wildman–Crippen MR) is 67.3 cm³/mol. The molecule has 86 valence electrons. The Kier molecular flexibility index (Phi) is 3.10. The molecule has 1 N–H and O–H groups in total. The third-order valence-corrected chi connectivity index (χ3v) is 2.57. The second-order valence-electron chi connectivity index (χ2n) is 3.72. The molecular weight excluding hydrogens is 214 g/mol. The van der Waals surface area contributed by atoms with Gasteiger partial charge in [-0.15, -0.1) is 0 Å². The Morgan fingerprint density at radius 2 is 1.59 bits per heavy atom. The van der Waals surface area contributed by atoms with E-state index in [9.17, 15) is 9.90 Å². The smallest absolute Gasteiger partial charge is 0.258 e. The zero-order valence-electron chi connectivity index (χ0n) is 9.50. The van der Waals surface area contributed by atoms with Crippen LogP contribution in [-0.2, 0) is 0 Å². The summed E-state index contributed by atoms with van der Waals surface area (Å²) in [5.74, 6) is -0.0496. The van der Waals surface area contributed by atoms with Crippen LogP contribution in [-0.4, -0.2) is 18.1 Å². The Hall–Kier alpha value is -2.29. The Labute approximate surface area is 99.9 Å². The van der Waals surface area contributed by atoms with Crippen LogP contribution in [0, 0.1) is 0 Å². The maximum Gasteiger partial charge on any atom is 0.258 e. The topological polar surface area (TPSA) is 40.5 Å². The Bertz CT molecular complexity index is 523. The van der Waals surface area contributed by atoms with Crippen molar-refractivity contribution in [3.05, 3.63) is 60.2 Å². The van der Waals surface area contributed by atoms with Gasteiger partial charge in [0.1, 0.15) is 5.75 Å². The summed E-state index contributed by atoms with van der Waals surface area (Å²) in [5, 5.41) is 9.68. The number of hydrogen-bond donors (Lipinski definition) is 1. The SMILES string of the molecule is CN(C(=O)c1ccccc1)c1ccccc1O. The van der Waals surface area contributed by atoms with Crippen molar-refractivity contribution in [1.82, 2.24) is 0 Å². The molecule has 0 aliphatic carbocycles. The molecule has 0 heterocycles. The van der Waals surface area contributed by atoms with Gasteiger partial charge in [-0.3, -0.25) is 4.79 Å². The van der Waals surface area contributed by atoms with E-state index in [0.29, 0.717) is 11.3 Å². The second kappa shape index (κ2) is 4.70. The van der Waals surface area contributed by atoms with Gasteiger partial charge in [0.15, 0.2) is 0 Å². The molecule has 1 amide bonds. The molecular formula is C14H13NO2. The molecule has 17 heavy (non-hydrogen) atoms. The van der Waals surface area contributed by atoms with Crippen molar-refractivity contribution in [2.75, 3.05) is 11.9 Å². The summed E-state index contributed by atoms with van der Waals surface area (Å²) in [5.41, 5.74) is 1.10. The number of benzene rings is 2. The van der Waals surface area contributed by atoms with E-state index in [2.05, 4.69) is 0 Å².